The maximum absolute atomic E-state index is 10.8. The monoisotopic (exact) mass is 328 g/mol. The van der Waals surface area contributed by atoms with Gasteiger partial charge in [0.2, 0.25) is 0 Å². The molecule has 1 aromatic heterocycles. The number of hydrogen-bond donors (Lipinski definition) is 3. The SMILES string of the molecule is OC12C=C3C=CC(=N3)C=c3ccc([nH]3)=CC3=NC(=CC(=CC1)N2)C=C3. The highest BCUT2D eigenvalue weighted by molar-refractivity contribution is 6.20. The molecule has 0 saturated carbocycles. The molecule has 0 radical (unpaired) electrons. The minimum atomic E-state index is -1.12. The van der Waals surface area contributed by atoms with Crippen LogP contribution < -0.4 is 16.0 Å². The summed E-state index contributed by atoms with van der Waals surface area (Å²) in [5.74, 6) is 0. The number of nitrogens with one attached hydrogen (secondary N) is 2. The summed E-state index contributed by atoms with van der Waals surface area (Å²) in [5.41, 5.74) is 3.07. The number of rotatable bonds is 0. The lowest BCUT2D eigenvalue weighted by Gasteiger charge is -2.20. The molecular formula is C20H16N4O. The van der Waals surface area contributed by atoms with Crippen LogP contribution in [0.3, 0.4) is 0 Å². The zero-order valence-corrected chi connectivity index (χ0v) is 13.4. The van der Waals surface area contributed by atoms with Crippen molar-refractivity contribution >= 4 is 23.6 Å². The number of aliphatic imine (C=N–C) groups is 2. The number of allylic oxidation sites excluding steroid dienone is 5. The average molecular weight is 328 g/mol. The maximum Gasteiger partial charge on any atom is 0.160 e. The molecule has 5 nitrogen and oxygen atoms in total. The van der Waals surface area contributed by atoms with Crippen molar-refractivity contribution in [2.75, 3.05) is 0 Å². The predicted molar refractivity (Wildman–Crippen MR) is 99.1 cm³/mol. The van der Waals surface area contributed by atoms with Gasteiger partial charge < -0.3 is 15.4 Å². The summed E-state index contributed by atoms with van der Waals surface area (Å²) in [4.78, 5) is 12.5. The lowest BCUT2D eigenvalue weighted by molar-refractivity contribution is 0.0792. The number of fused-ring (bicyclic) bond motifs is 6. The molecule has 4 aliphatic heterocycles. The Labute approximate surface area is 144 Å². The third kappa shape index (κ3) is 2.75. The zero-order valence-electron chi connectivity index (χ0n) is 13.4. The second kappa shape index (κ2) is 5.16. The number of nitrogens with zero attached hydrogens (tertiary/aromatic N) is 2. The molecule has 5 rings (SSSR count). The Morgan fingerprint density at radius 3 is 2.32 bits per heavy atom. The summed E-state index contributed by atoms with van der Waals surface area (Å²) < 4.78 is 0. The van der Waals surface area contributed by atoms with Gasteiger partial charge in [0.15, 0.2) is 5.72 Å². The Bertz CT molecular complexity index is 1100. The van der Waals surface area contributed by atoms with E-state index < -0.39 is 5.72 Å². The van der Waals surface area contributed by atoms with E-state index in [9.17, 15) is 5.11 Å². The van der Waals surface area contributed by atoms with E-state index in [1.165, 1.54) is 0 Å². The Balaban J connectivity index is 1.67. The van der Waals surface area contributed by atoms with Gasteiger partial charge in [-0.05, 0) is 60.7 Å². The molecule has 3 N–H and O–H groups in total. The van der Waals surface area contributed by atoms with Gasteiger partial charge in [-0.3, -0.25) is 0 Å². The summed E-state index contributed by atoms with van der Waals surface area (Å²) in [5, 5.41) is 15.9. The number of aromatic amines is 1. The molecule has 8 bridgehead atoms. The molecule has 4 aliphatic rings. The number of H-pyrrole nitrogens is 1. The van der Waals surface area contributed by atoms with Gasteiger partial charge in [-0.2, -0.15) is 0 Å². The largest absolute Gasteiger partial charge is 0.367 e. The fourth-order valence-electron chi connectivity index (χ4n) is 3.24. The molecule has 1 unspecified atom stereocenters. The van der Waals surface area contributed by atoms with E-state index in [-0.39, 0.29) is 0 Å². The molecule has 0 amide bonds. The first kappa shape index (κ1) is 14.2. The number of aliphatic hydroxyl groups is 1. The second-order valence-corrected chi connectivity index (χ2v) is 6.45. The van der Waals surface area contributed by atoms with Crippen molar-refractivity contribution in [3.8, 4) is 0 Å². The van der Waals surface area contributed by atoms with E-state index in [0.717, 1.165) is 39.2 Å². The molecule has 0 aliphatic carbocycles. The molecule has 0 aromatic carbocycles. The topological polar surface area (TPSA) is 72.8 Å². The van der Waals surface area contributed by atoms with E-state index in [1.54, 1.807) is 6.08 Å². The van der Waals surface area contributed by atoms with Crippen molar-refractivity contribution in [3.05, 3.63) is 82.5 Å². The Morgan fingerprint density at radius 1 is 0.880 bits per heavy atom. The zero-order chi connectivity index (χ0) is 16.9. The minimum Gasteiger partial charge on any atom is -0.367 e. The average Bonchev–Trinajstić information content (AvgIpc) is 3.32. The van der Waals surface area contributed by atoms with Gasteiger partial charge in [0.05, 0.1) is 22.8 Å². The van der Waals surface area contributed by atoms with Gasteiger partial charge in [-0.15, -0.1) is 0 Å². The van der Waals surface area contributed by atoms with E-state index in [1.807, 2.05) is 60.7 Å². The summed E-state index contributed by atoms with van der Waals surface area (Å²) in [7, 11) is 0. The molecule has 1 aromatic rings. The molecule has 5 heteroatoms. The van der Waals surface area contributed by atoms with Crippen LogP contribution in [0.25, 0.3) is 12.2 Å². The van der Waals surface area contributed by atoms with Crippen molar-refractivity contribution in [1.29, 1.82) is 0 Å². The molecule has 0 saturated heterocycles. The van der Waals surface area contributed by atoms with Crippen LogP contribution >= 0.6 is 0 Å². The predicted octanol–water partition coefficient (Wildman–Crippen LogP) is 0.945. The van der Waals surface area contributed by atoms with E-state index in [2.05, 4.69) is 20.3 Å². The van der Waals surface area contributed by atoms with Gasteiger partial charge in [-0.1, -0.05) is 6.08 Å². The lowest BCUT2D eigenvalue weighted by atomic mass is 10.1. The van der Waals surface area contributed by atoms with Gasteiger partial charge in [-0.25, -0.2) is 9.98 Å². The smallest absolute Gasteiger partial charge is 0.160 e. The summed E-state index contributed by atoms with van der Waals surface area (Å²) in [6.07, 6.45) is 17.9. The van der Waals surface area contributed by atoms with Crippen molar-refractivity contribution < 1.29 is 5.11 Å². The van der Waals surface area contributed by atoms with Crippen molar-refractivity contribution in [2.24, 2.45) is 9.98 Å². The van der Waals surface area contributed by atoms with Crippen LogP contribution in [0.1, 0.15) is 6.42 Å². The summed E-state index contributed by atoms with van der Waals surface area (Å²) in [6, 6.07) is 4.03. The molecule has 122 valence electrons. The third-order valence-electron chi connectivity index (χ3n) is 4.39. The summed E-state index contributed by atoms with van der Waals surface area (Å²) >= 11 is 0. The highest BCUT2D eigenvalue weighted by Crippen LogP contribution is 2.25. The maximum atomic E-state index is 10.8. The first-order chi connectivity index (χ1) is 12.1. The van der Waals surface area contributed by atoms with E-state index >= 15 is 0 Å². The van der Waals surface area contributed by atoms with Gasteiger partial charge in [0.1, 0.15) is 0 Å². The fourth-order valence-corrected chi connectivity index (χ4v) is 3.24. The highest BCUT2D eigenvalue weighted by Gasteiger charge is 2.29. The van der Waals surface area contributed by atoms with Crippen LogP contribution in [0.2, 0.25) is 0 Å². The molecule has 0 fully saturated rings. The van der Waals surface area contributed by atoms with Crippen LogP contribution in [0, 0.1) is 0 Å². The molecule has 25 heavy (non-hydrogen) atoms. The van der Waals surface area contributed by atoms with E-state index in [0.29, 0.717) is 6.42 Å². The van der Waals surface area contributed by atoms with Crippen molar-refractivity contribution in [2.45, 2.75) is 12.1 Å². The Morgan fingerprint density at radius 2 is 1.56 bits per heavy atom. The third-order valence-corrected chi connectivity index (χ3v) is 4.39. The van der Waals surface area contributed by atoms with Crippen molar-refractivity contribution in [3.63, 3.8) is 0 Å². The Kier molecular flexibility index (Phi) is 2.93. The normalized spacial score (nSPS) is 26.0. The van der Waals surface area contributed by atoms with Crippen LogP contribution in [0.4, 0.5) is 0 Å². The minimum absolute atomic E-state index is 0.490. The highest BCUT2D eigenvalue weighted by atomic mass is 16.3. The summed E-state index contributed by atoms with van der Waals surface area (Å²) in [6.45, 7) is 0. The molecule has 5 heterocycles. The number of hydrogen-bond acceptors (Lipinski definition) is 4. The molecule has 1 atom stereocenters. The molecule has 0 spiro atoms. The number of aromatic nitrogens is 1. The van der Waals surface area contributed by atoms with Crippen LogP contribution in [0.5, 0.6) is 0 Å². The second-order valence-electron chi connectivity index (χ2n) is 6.45. The fraction of sp³-hybridized carbons (Fsp3) is 0.100. The molecular weight excluding hydrogens is 312 g/mol. The van der Waals surface area contributed by atoms with Crippen LogP contribution in [-0.2, 0) is 0 Å². The van der Waals surface area contributed by atoms with Gasteiger partial charge in [0, 0.05) is 22.8 Å². The van der Waals surface area contributed by atoms with Gasteiger partial charge >= 0.3 is 0 Å². The van der Waals surface area contributed by atoms with Crippen LogP contribution in [-0.4, -0.2) is 27.2 Å². The first-order valence-electron chi connectivity index (χ1n) is 8.21. The van der Waals surface area contributed by atoms with Crippen LogP contribution in [0.15, 0.2) is 81.7 Å². The van der Waals surface area contributed by atoms with Crippen molar-refractivity contribution in [1.82, 2.24) is 10.3 Å². The van der Waals surface area contributed by atoms with Gasteiger partial charge in [0.25, 0.3) is 0 Å². The Hall–Kier alpha value is -3.18. The first-order valence-corrected chi connectivity index (χ1v) is 8.21. The van der Waals surface area contributed by atoms with E-state index in [4.69, 9.17) is 0 Å². The lowest BCUT2D eigenvalue weighted by Crippen LogP contribution is -2.38. The standard InChI is InChI=1S/C20H16N4O/c25-20-8-7-18(24-20)11-17-4-3-14(22-17)9-13-1-2-15(21-13)10-16-5-6-19(12-20)23-16/h1-7,9-12,21,24-25H,8H2. The quantitative estimate of drug-likeness (QED) is 0.663.